The van der Waals surface area contributed by atoms with E-state index in [-0.39, 0.29) is 6.04 Å². The molecular weight excluding hydrogens is 268 g/mol. The molecule has 0 radical (unpaired) electrons. The number of nitrogens with zero attached hydrogens (tertiary/aromatic N) is 2. The van der Waals surface area contributed by atoms with Crippen LogP contribution in [0.15, 0.2) is 10.7 Å². The molecule has 1 saturated carbocycles. The fourth-order valence-electron chi connectivity index (χ4n) is 2.17. The van der Waals surface area contributed by atoms with Gasteiger partial charge in [-0.05, 0) is 54.5 Å². The molecular formula is C12H19BrN2O. The van der Waals surface area contributed by atoms with Gasteiger partial charge in [-0.3, -0.25) is 4.68 Å². The van der Waals surface area contributed by atoms with Gasteiger partial charge in [0.15, 0.2) is 0 Å². The minimum atomic E-state index is -0.410. The largest absolute Gasteiger partial charge is 0.386 e. The minimum absolute atomic E-state index is 0.280. The topological polar surface area (TPSA) is 38.1 Å². The molecule has 2 atom stereocenters. The zero-order chi connectivity index (χ0) is 11.9. The van der Waals surface area contributed by atoms with Gasteiger partial charge in [-0.15, -0.1) is 0 Å². The predicted molar refractivity (Wildman–Crippen MR) is 67.2 cm³/mol. The maximum atomic E-state index is 10.4. The van der Waals surface area contributed by atoms with Crippen LogP contribution in [0.2, 0.25) is 0 Å². The van der Waals surface area contributed by atoms with Gasteiger partial charge >= 0.3 is 0 Å². The van der Waals surface area contributed by atoms with E-state index in [2.05, 4.69) is 41.8 Å². The van der Waals surface area contributed by atoms with Crippen molar-refractivity contribution in [2.75, 3.05) is 0 Å². The van der Waals surface area contributed by atoms with Gasteiger partial charge in [-0.2, -0.15) is 5.10 Å². The Kier molecular flexibility index (Phi) is 3.40. The van der Waals surface area contributed by atoms with Crippen LogP contribution in [-0.4, -0.2) is 14.9 Å². The first-order valence-electron chi connectivity index (χ1n) is 5.93. The average Bonchev–Trinajstić information content (AvgIpc) is 2.99. The highest BCUT2D eigenvalue weighted by Gasteiger charge is 2.35. The van der Waals surface area contributed by atoms with E-state index in [1.165, 1.54) is 12.8 Å². The van der Waals surface area contributed by atoms with Crippen LogP contribution in [0.25, 0.3) is 0 Å². The third-order valence-corrected chi connectivity index (χ3v) is 4.03. The SMILES string of the molecule is CC(C1CC1)C(O)c1c(Br)cnn1C(C)C. The lowest BCUT2D eigenvalue weighted by Crippen LogP contribution is -2.18. The fourth-order valence-corrected chi connectivity index (χ4v) is 2.68. The molecule has 0 spiro atoms. The summed E-state index contributed by atoms with van der Waals surface area (Å²) in [6.45, 7) is 6.29. The van der Waals surface area contributed by atoms with Crippen molar-refractivity contribution < 1.29 is 5.11 Å². The van der Waals surface area contributed by atoms with Crippen molar-refractivity contribution >= 4 is 15.9 Å². The van der Waals surface area contributed by atoms with Gasteiger partial charge in [0.1, 0.15) is 0 Å². The molecule has 1 fully saturated rings. The van der Waals surface area contributed by atoms with Gasteiger partial charge in [0.05, 0.1) is 22.5 Å². The Morgan fingerprint density at radius 2 is 2.06 bits per heavy atom. The second-order valence-corrected chi connectivity index (χ2v) is 5.91. The zero-order valence-corrected chi connectivity index (χ0v) is 11.6. The van der Waals surface area contributed by atoms with Crippen molar-refractivity contribution in [3.05, 3.63) is 16.4 Å². The fraction of sp³-hybridized carbons (Fsp3) is 0.750. The first-order valence-corrected chi connectivity index (χ1v) is 6.72. The van der Waals surface area contributed by atoms with Crippen molar-refractivity contribution in [3.8, 4) is 0 Å². The summed E-state index contributed by atoms with van der Waals surface area (Å²) in [6, 6.07) is 0.280. The standard InChI is InChI=1S/C12H19BrN2O/c1-7(2)15-11(10(13)6-14-15)12(16)8(3)9-4-5-9/h6-9,12,16H,4-5H2,1-3H3. The van der Waals surface area contributed by atoms with Crippen molar-refractivity contribution in [1.82, 2.24) is 9.78 Å². The maximum absolute atomic E-state index is 10.4. The Hall–Kier alpha value is -0.350. The molecule has 1 aliphatic rings. The summed E-state index contributed by atoms with van der Waals surface area (Å²) in [5.74, 6) is 1.02. The van der Waals surface area contributed by atoms with Gasteiger partial charge < -0.3 is 5.11 Å². The Morgan fingerprint density at radius 3 is 2.56 bits per heavy atom. The second kappa shape index (κ2) is 4.49. The van der Waals surface area contributed by atoms with Gasteiger partial charge in [0.25, 0.3) is 0 Å². The lowest BCUT2D eigenvalue weighted by molar-refractivity contribution is 0.0945. The molecule has 0 aliphatic heterocycles. The van der Waals surface area contributed by atoms with Crippen LogP contribution in [0.5, 0.6) is 0 Å². The molecule has 1 heterocycles. The maximum Gasteiger partial charge on any atom is 0.0996 e. The Bertz CT molecular complexity index is 371. The van der Waals surface area contributed by atoms with Crippen LogP contribution in [0.4, 0.5) is 0 Å². The summed E-state index contributed by atoms with van der Waals surface area (Å²) < 4.78 is 2.83. The van der Waals surface area contributed by atoms with E-state index >= 15 is 0 Å². The minimum Gasteiger partial charge on any atom is -0.386 e. The number of rotatable bonds is 4. The second-order valence-electron chi connectivity index (χ2n) is 5.06. The molecule has 1 aromatic rings. The molecule has 3 nitrogen and oxygen atoms in total. The van der Waals surface area contributed by atoms with Crippen LogP contribution >= 0.6 is 15.9 Å². The summed E-state index contributed by atoms with van der Waals surface area (Å²) in [6.07, 6.45) is 3.88. The molecule has 1 N–H and O–H groups in total. The summed E-state index contributed by atoms with van der Waals surface area (Å²) >= 11 is 3.48. The third kappa shape index (κ3) is 2.18. The van der Waals surface area contributed by atoms with Crippen LogP contribution in [-0.2, 0) is 0 Å². The van der Waals surface area contributed by atoms with Crippen molar-refractivity contribution in [3.63, 3.8) is 0 Å². The van der Waals surface area contributed by atoms with Crippen LogP contribution in [0.3, 0.4) is 0 Å². The normalized spacial score (nSPS) is 20.1. The molecule has 0 amide bonds. The van der Waals surface area contributed by atoms with Crippen LogP contribution < -0.4 is 0 Å². The van der Waals surface area contributed by atoms with E-state index in [9.17, 15) is 5.11 Å². The van der Waals surface area contributed by atoms with Gasteiger partial charge in [-0.1, -0.05) is 6.92 Å². The Morgan fingerprint density at radius 1 is 1.44 bits per heavy atom. The summed E-state index contributed by atoms with van der Waals surface area (Å²) in [5.41, 5.74) is 0.925. The zero-order valence-electron chi connectivity index (χ0n) is 10.0. The number of hydrogen-bond donors (Lipinski definition) is 1. The Labute approximate surface area is 105 Å². The molecule has 90 valence electrons. The van der Waals surface area contributed by atoms with Crippen molar-refractivity contribution in [2.45, 2.75) is 45.8 Å². The predicted octanol–water partition coefficient (Wildman–Crippen LogP) is 3.31. The number of aliphatic hydroxyl groups excluding tert-OH is 1. The summed E-state index contributed by atoms with van der Waals surface area (Å²) in [5, 5.41) is 14.7. The van der Waals surface area contributed by atoms with Crippen LogP contribution in [0.1, 0.15) is 51.5 Å². The molecule has 2 unspecified atom stereocenters. The van der Waals surface area contributed by atoms with Crippen LogP contribution in [0, 0.1) is 11.8 Å². The van der Waals surface area contributed by atoms with Gasteiger partial charge in [0.2, 0.25) is 0 Å². The monoisotopic (exact) mass is 286 g/mol. The number of aromatic nitrogens is 2. The van der Waals surface area contributed by atoms with E-state index in [0.29, 0.717) is 11.8 Å². The Balaban J connectivity index is 2.26. The lowest BCUT2D eigenvalue weighted by Gasteiger charge is -2.21. The molecule has 0 aromatic carbocycles. The highest BCUT2D eigenvalue weighted by atomic mass is 79.9. The van der Waals surface area contributed by atoms with E-state index in [1.807, 2.05) is 4.68 Å². The molecule has 4 heteroatoms. The molecule has 1 aliphatic carbocycles. The molecule has 0 bridgehead atoms. The summed E-state index contributed by atoms with van der Waals surface area (Å²) in [7, 11) is 0. The first kappa shape index (κ1) is 12.1. The number of halogens is 1. The van der Waals surface area contributed by atoms with Gasteiger partial charge in [-0.25, -0.2) is 0 Å². The summed E-state index contributed by atoms with van der Waals surface area (Å²) in [4.78, 5) is 0. The van der Waals surface area contributed by atoms with E-state index < -0.39 is 6.10 Å². The van der Waals surface area contributed by atoms with E-state index in [1.54, 1.807) is 6.20 Å². The smallest absolute Gasteiger partial charge is 0.0996 e. The van der Waals surface area contributed by atoms with Crippen molar-refractivity contribution in [1.29, 1.82) is 0 Å². The third-order valence-electron chi connectivity index (χ3n) is 3.42. The molecule has 1 aromatic heterocycles. The van der Waals surface area contributed by atoms with Crippen molar-refractivity contribution in [2.24, 2.45) is 11.8 Å². The quantitative estimate of drug-likeness (QED) is 0.922. The molecule has 0 saturated heterocycles. The lowest BCUT2D eigenvalue weighted by atomic mass is 9.96. The highest BCUT2D eigenvalue weighted by Crippen LogP contribution is 2.44. The molecule has 16 heavy (non-hydrogen) atoms. The first-order chi connectivity index (χ1) is 7.52. The van der Waals surface area contributed by atoms with Gasteiger partial charge in [0, 0.05) is 6.04 Å². The average molecular weight is 287 g/mol. The van der Waals surface area contributed by atoms with E-state index in [4.69, 9.17) is 0 Å². The number of hydrogen-bond acceptors (Lipinski definition) is 2. The van der Waals surface area contributed by atoms with E-state index in [0.717, 1.165) is 10.2 Å². The number of aliphatic hydroxyl groups is 1. The molecule has 2 rings (SSSR count). The highest BCUT2D eigenvalue weighted by molar-refractivity contribution is 9.10.